The molecule has 0 aliphatic rings. The van der Waals surface area contributed by atoms with Gasteiger partial charge in [-0.15, -0.1) is 10.2 Å². The highest BCUT2D eigenvalue weighted by atomic mass is 16.5. The van der Waals surface area contributed by atoms with Crippen LogP contribution in [0, 0.1) is 0 Å². The summed E-state index contributed by atoms with van der Waals surface area (Å²) < 4.78 is 10.6. The standard InChI is InChI=1S/C19H26N4O5/c1-4-14-10-15(13(3)24)16(25)11-17(14)28-9-7-6-8-18-20-22-23(21-18)12-19(26)27-5-2/h10-11,25H,4-9,12H2,1-3H3. The number of aromatic hydroxyl groups is 1. The quantitative estimate of drug-likeness (QED) is 0.352. The van der Waals surface area contributed by atoms with Crippen LogP contribution >= 0.6 is 0 Å². The van der Waals surface area contributed by atoms with Gasteiger partial charge >= 0.3 is 5.97 Å². The predicted molar refractivity (Wildman–Crippen MR) is 100 cm³/mol. The molecule has 0 amide bonds. The van der Waals surface area contributed by atoms with Crippen LogP contribution in [0.3, 0.4) is 0 Å². The lowest BCUT2D eigenvalue weighted by Crippen LogP contribution is -2.15. The molecule has 0 unspecified atom stereocenters. The number of ether oxygens (including phenoxy) is 2. The van der Waals surface area contributed by atoms with Crippen molar-refractivity contribution in [3.63, 3.8) is 0 Å². The molecule has 9 heteroatoms. The van der Waals surface area contributed by atoms with Crippen molar-refractivity contribution in [2.75, 3.05) is 13.2 Å². The lowest BCUT2D eigenvalue weighted by atomic mass is 10.0. The number of esters is 1. The first-order valence-electron chi connectivity index (χ1n) is 9.36. The highest BCUT2D eigenvalue weighted by Crippen LogP contribution is 2.29. The zero-order valence-corrected chi connectivity index (χ0v) is 16.5. The van der Waals surface area contributed by atoms with Crippen LogP contribution in [0.4, 0.5) is 0 Å². The Bertz CT molecular complexity index is 819. The van der Waals surface area contributed by atoms with Gasteiger partial charge in [0.05, 0.1) is 18.8 Å². The van der Waals surface area contributed by atoms with Crippen molar-refractivity contribution in [3.8, 4) is 11.5 Å². The van der Waals surface area contributed by atoms with Gasteiger partial charge in [0.2, 0.25) is 0 Å². The minimum atomic E-state index is -0.398. The molecule has 0 radical (unpaired) electrons. The van der Waals surface area contributed by atoms with E-state index >= 15 is 0 Å². The molecule has 0 spiro atoms. The maximum Gasteiger partial charge on any atom is 0.329 e. The topological polar surface area (TPSA) is 116 Å². The number of phenolic OH excluding ortho intramolecular Hbond substituents is 1. The van der Waals surface area contributed by atoms with E-state index in [9.17, 15) is 14.7 Å². The Kier molecular flexibility index (Phi) is 7.91. The summed E-state index contributed by atoms with van der Waals surface area (Å²) in [6.45, 7) is 5.85. The number of ketones is 1. The number of unbranched alkanes of at least 4 members (excludes halogenated alkanes) is 1. The first-order valence-corrected chi connectivity index (χ1v) is 9.36. The van der Waals surface area contributed by atoms with Gasteiger partial charge in [-0.1, -0.05) is 6.92 Å². The summed E-state index contributed by atoms with van der Waals surface area (Å²) in [5.74, 6) is 0.500. The van der Waals surface area contributed by atoms with Crippen molar-refractivity contribution in [1.82, 2.24) is 20.2 Å². The summed E-state index contributed by atoms with van der Waals surface area (Å²) >= 11 is 0. The number of aromatic nitrogens is 4. The van der Waals surface area contributed by atoms with Gasteiger partial charge in [0.25, 0.3) is 0 Å². The molecule has 1 aromatic heterocycles. The van der Waals surface area contributed by atoms with Crippen molar-refractivity contribution in [1.29, 1.82) is 0 Å². The second kappa shape index (κ2) is 10.4. The van der Waals surface area contributed by atoms with Crippen molar-refractivity contribution in [3.05, 3.63) is 29.1 Å². The number of phenols is 1. The second-order valence-electron chi connectivity index (χ2n) is 6.23. The number of hydrogen-bond donors (Lipinski definition) is 1. The fourth-order valence-corrected chi connectivity index (χ4v) is 2.64. The van der Waals surface area contributed by atoms with Crippen LogP contribution in [-0.2, 0) is 28.9 Å². The molecule has 2 aromatic rings. The molecule has 0 bridgehead atoms. The molecule has 1 heterocycles. The molecule has 0 saturated heterocycles. The fourth-order valence-electron chi connectivity index (χ4n) is 2.64. The number of rotatable bonds is 11. The molecule has 0 fully saturated rings. The largest absolute Gasteiger partial charge is 0.507 e. The normalized spacial score (nSPS) is 10.7. The van der Waals surface area contributed by atoms with Gasteiger partial charge in [-0.3, -0.25) is 4.79 Å². The minimum Gasteiger partial charge on any atom is -0.507 e. The number of aryl methyl sites for hydroxylation is 2. The Morgan fingerprint density at radius 3 is 2.68 bits per heavy atom. The summed E-state index contributed by atoms with van der Waals surface area (Å²) in [6.07, 6.45) is 2.85. The van der Waals surface area contributed by atoms with Crippen molar-refractivity contribution < 1.29 is 24.2 Å². The third-order valence-electron chi connectivity index (χ3n) is 4.06. The second-order valence-corrected chi connectivity index (χ2v) is 6.23. The molecular weight excluding hydrogens is 364 g/mol. The van der Waals surface area contributed by atoms with Gasteiger partial charge in [-0.05, 0) is 50.0 Å². The number of benzene rings is 1. The summed E-state index contributed by atoms with van der Waals surface area (Å²) in [6, 6.07) is 3.18. The zero-order valence-electron chi connectivity index (χ0n) is 16.5. The third-order valence-corrected chi connectivity index (χ3v) is 4.06. The molecule has 28 heavy (non-hydrogen) atoms. The third kappa shape index (κ3) is 6.04. The number of nitrogens with zero attached hydrogens (tertiary/aromatic N) is 4. The SMILES string of the molecule is CCOC(=O)Cn1nnc(CCCCOc2cc(O)c(C(C)=O)cc2CC)n1. The van der Waals surface area contributed by atoms with Crippen LogP contribution in [0.25, 0.3) is 0 Å². The Balaban J connectivity index is 1.79. The number of carbonyl (C=O) groups excluding carboxylic acids is 2. The lowest BCUT2D eigenvalue weighted by Gasteiger charge is -2.12. The van der Waals surface area contributed by atoms with E-state index in [0.29, 0.717) is 43.2 Å². The van der Waals surface area contributed by atoms with Crippen LogP contribution in [0.2, 0.25) is 0 Å². The van der Waals surface area contributed by atoms with Crippen LogP contribution in [-0.4, -0.2) is 50.3 Å². The van der Waals surface area contributed by atoms with E-state index in [4.69, 9.17) is 9.47 Å². The van der Waals surface area contributed by atoms with E-state index in [1.807, 2.05) is 6.92 Å². The molecule has 0 aliphatic carbocycles. The summed E-state index contributed by atoms with van der Waals surface area (Å²) in [7, 11) is 0. The average Bonchev–Trinajstić information content (AvgIpc) is 3.08. The molecule has 0 atom stereocenters. The minimum absolute atomic E-state index is 0.0521. The monoisotopic (exact) mass is 390 g/mol. The van der Waals surface area contributed by atoms with E-state index in [2.05, 4.69) is 15.4 Å². The number of hydrogen-bond acceptors (Lipinski definition) is 8. The molecule has 152 valence electrons. The first kappa shape index (κ1) is 21.3. The Hall–Kier alpha value is -2.97. The van der Waals surface area contributed by atoms with Gasteiger partial charge in [-0.2, -0.15) is 4.80 Å². The molecule has 0 aliphatic heterocycles. The first-order chi connectivity index (χ1) is 13.4. The molecule has 1 N–H and O–H groups in total. The van der Waals surface area contributed by atoms with Crippen LogP contribution in [0.1, 0.15) is 55.4 Å². The van der Waals surface area contributed by atoms with Gasteiger partial charge in [0, 0.05) is 12.5 Å². The average molecular weight is 390 g/mol. The van der Waals surface area contributed by atoms with Crippen LogP contribution in [0.5, 0.6) is 11.5 Å². The Labute approximate surface area is 163 Å². The molecule has 2 rings (SSSR count). The van der Waals surface area contributed by atoms with E-state index in [1.54, 1.807) is 13.0 Å². The number of tetrazole rings is 1. The lowest BCUT2D eigenvalue weighted by molar-refractivity contribution is -0.144. The maximum absolute atomic E-state index is 11.5. The number of Topliss-reactive ketones (excluding diaryl/α,β-unsaturated/α-hetero) is 1. The summed E-state index contributed by atoms with van der Waals surface area (Å²) in [4.78, 5) is 24.1. The molecule has 0 saturated carbocycles. The molecule has 1 aromatic carbocycles. The number of carbonyl (C=O) groups is 2. The van der Waals surface area contributed by atoms with Crippen LogP contribution in [0.15, 0.2) is 12.1 Å². The van der Waals surface area contributed by atoms with Gasteiger partial charge in [0.1, 0.15) is 11.5 Å². The molecule has 9 nitrogen and oxygen atoms in total. The van der Waals surface area contributed by atoms with E-state index in [1.165, 1.54) is 17.8 Å². The Morgan fingerprint density at radius 2 is 2.00 bits per heavy atom. The van der Waals surface area contributed by atoms with E-state index in [0.717, 1.165) is 18.4 Å². The fraction of sp³-hybridized carbons (Fsp3) is 0.526. The van der Waals surface area contributed by atoms with Crippen LogP contribution < -0.4 is 4.74 Å². The van der Waals surface area contributed by atoms with Gasteiger partial charge in [0.15, 0.2) is 18.2 Å². The predicted octanol–water partition coefficient (Wildman–Crippen LogP) is 2.11. The smallest absolute Gasteiger partial charge is 0.329 e. The van der Waals surface area contributed by atoms with Crippen molar-refractivity contribution in [2.45, 2.75) is 53.0 Å². The van der Waals surface area contributed by atoms with E-state index in [-0.39, 0.29) is 18.1 Å². The zero-order chi connectivity index (χ0) is 20.5. The van der Waals surface area contributed by atoms with Gasteiger partial charge in [-0.25, -0.2) is 4.79 Å². The van der Waals surface area contributed by atoms with Gasteiger partial charge < -0.3 is 14.6 Å². The highest BCUT2D eigenvalue weighted by Gasteiger charge is 2.13. The summed E-state index contributed by atoms with van der Waals surface area (Å²) in [5.41, 5.74) is 1.19. The molecular formula is C19H26N4O5. The summed E-state index contributed by atoms with van der Waals surface area (Å²) in [5, 5.41) is 21.9. The van der Waals surface area contributed by atoms with Crippen molar-refractivity contribution >= 4 is 11.8 Å². The van der Waals surface area contributed by atoms with E-state index < -0.39 is 5.97 Å². The Morgan fingerprint density at radius 1 is 1.21 bits per heavy atom. The van der Waals surface area contributed by atoms with Crippen molar-refractivity contribution in [2.24, 2.45) is 0 Å². The highest BCUT2D eigenvalue weighted by molar-refractivity contribution is 5.97. The maximum atomic E-state index is 11.5.